The molecule has 6 nitrogen and oxygen atoms in total. The number of aryl methyl sites for hydroxylation is 2. The molecule has 27 heavy (non-hydrogen) atoms. The molecular weight excluding hydrogens is 338 g/mol. The second-order valence-corrected chi connectivity index (χ2v) is 6.31. The van der Waals surface area contributed by atoms with Gasteiger partial charge >= 0.3 is 0 Å². The number of nitrogens with two attached hydrogens (primary N) is 1. The van der Waals surface area contributed by atoms with Crippen LogP contribution in [0.15, 0.2) is 54.9 Å². The molecule has 0 aliphatic carbocycles. The highest BCUT2D eigenvalue weighted by molar-refractivity contribution is 5.78. The summed E-state index contributed by atoms with van der Waals surface area (Å²) in [6, 6.07) is 13.6. The number of aromatic amines is 1. The van der Waals surface area contributed by atoms with E-state index in [2.05, 4.69) is 19.9 Å². The van der Waals surface area contributed by atoms with Gasteiger partial charge in [-0.15, -0.1) is 0 Å². The molecule has 3 N–H and O–H groups in total. The SMILES string of the molecule is CCOc1ccnc(CCc2nc3cc(-c4ccc(N)cc4)cnc3[nH]2)c1. The predicted octanol–water partition coefficient (Wildman–Crippen LogP) is 3.79. The maximum atomic E-state index is 5.76. The fourth-order valence-electron chi connectivity index (χ4n) is 2.99. The van der Waals surface area contributed by atoms with E-state index in [4.69, 9.17) is 10.5 Å². The van der Waals surface area contributed by atoms with E-state index >= 15 is 0 Å². The van der Waals surface area contributed by atoms with E-state index in [-0.39, 0.29) is 0 Å². The summed E-state index contributed by atoms with van der Waals surface area (Å²) in [7, 11) is 0. The quantitative estimate of drug-likeness (QED) is 0.511. The van der Waals surface area contributed by atoms with E-state index in [0.717, 1.165) is 58.1 Å². The second kappa shape index (κ2) is 7.45. The Labute approximate surface area is 157 Å². The highest BCUT2D eigenvalue weighted by atomic mass is 16.5. The lowest BCUT2D eigenvalue weighted by Crippen LogP contribution is -1.98. The van der Waals surface area contributed by atoms with Gasteiger partial charge in [0.05, 0.1) is 6.61 Å². The average molecular weight is 359 g/mol. The van der Waals surface area contributed by atoms with Crippen LogP contribution in [0.2, 0.25) is 0 Å². The molecule has 3 aromatic heterocycles. The standard InChI is InChI=1S/C21H21N5O/c1-2-27-18-9-10-23-17(12-18)7-8-20-25-19-11-15(13-24-21(19)26-20)14-3-5-16(22)6-4-14/h3-6,9-13H,2,7-8,22H2,1H3,(H,24,25,26). The molecule has 0 saturated carbocycles. The number of nitrogens with zero attached hydrogens (tertiary/aromatic N) is 3. The van der Waals surface area contributed by atoms with Crippen LogP contribution in [-0.4, -0.2) is 26.5 Å². The Balaban J connectivity index is 1.51. The zero-order valence-electron chi connectivity index (χ0n) is 15.1. The van der Waals surface area contributed by atoms with Crippen LogP contribution in [0.25, 0.3) is 22.3 Å². The Morgan fingerprint density at radius 1 is 1.00 bits per heavy atom. The van der Waals surface area contributed by atoms with Crippen molar-refractivity contribution in [1.29, 1.82) is 0 Å². The zero-order valence-corrected chi connectivity index (χ0v) is 15.1. The fourth-order valence-corrected chi connectivity index (χ4v) is 2.99. The molecule has 0 aliphatic rings. The van der Waals surface area contributed by atoms with Crippen molar-refractivity contribution in [1.82, 2.24) is 19.9 Å². The van der Waals surface area contributed by atoms with Crippen molar-refractivity contribution >= 4 is 16.9 Å². The van der Waals surface area contributed by atoms with E-state index in [0.29, 0.717) is 6.61 Å². The van der Waals surface area contributed by atoms with Crippen molar-refractivity contribution < 1.29 is 4.74 Å². The lowest BCUT2D eigenvalue weighted by atomic mass is 10.1. The van der Waals surface area contributed by atoms with Crippen LogP contribution in [0.3, 0.4) is 0 Å². The largest absolute Gasteiger partial charge is 0.494 e. The number of anilines is 1. The number of ether oxygens (including phenoxy) is 1. The smallest absolute Gasteiger partial charge is 0.157 e. The molecule has 0 radical (unpaired) electrons. The highest BCUT2D eigenvalue weighted by Crippen LogP contribution is 2.23. The Morgan fingerprint density at radius 2 is 1.85 bits per heavy atom. The predicted molar refractivity (Wildman–Crippen MR) is 107 cm³/mol. The van der Waals surface area contributed by atoms with Crippen LogP contribution in [0.5, 0.6) is 5.75 Å². The molecule has 0 saturated heterocycles. The monoisotopic (exact) mass is 359 g/mol. The third-order valence-corrected chi connectivity index (χ3v) is 4.35. The first kappa shape index (κ1) is 17.0. The highest BCUT2D eigenvalue weighted by Gasteiger charge is 2.08. The molecule has 0 aliphatic heterocycles. The first-order valence-electron chi connectivity index (χ1n) is 8.99. The van der Waals surface area contributed by atoms with E-state index in [1.165, 1.54) is 0 Å². The van der Waals surface area contributed by atoms with Crippen molar-refractivity contribution in [3.05, 3.63) is 66.4 Å². The number of hydrogen-bond acceptors (Lipinski definition) is 5. The third kappa shape index (κ3) is 3.89. The van der Waals surface area contributed by atoms with Crippen LogP contribution < -0.4 is 10.5 Å². The number of aromatic nitrogens is 4. The number of hydrogen-bond donors (Lipinski definition) is 2. The van der Waals surface area contributed by atoms with Gasteiger partial charge in [0.15, 0.2) is 5.65 Å². The Bertz CT molecular complexity index is 1060. The minimum absolute atomic E-state index is 0.648. The van der Waals surface area contributed by atoms with Crippen molar-refractivity contribution in [3.8, 4) is 16.9 Å². The lowest BCUT2D eigenvalue weighted by Gasteiger charge is -2.04. The molecule has 4 aromatic rings. The van der Waals surface area contributed by atoms with Gasteiger partial charge in [-0.1, -0.05) is 12.1 Å². The summed E-state index contributed by atoms with van der Waals surface area (Å²) in [5.74, 6) is 1.75. The summed E-state index contributed by atoms with van der Waals surface area (Å²) in [6.45, 7) is 2.62. The summed E-state index contributed by atoms with van der Waals surface area (Å²) < 4.78 is 5.53. The molecule has 0 amide bonds. The Morgan fingerprint density at radius 3 is 2.67 bits per heavy atom. The zero-order chi connectivity index (χ0) is 18.6. The van der Waals surface area contributed by atoms with Gasteiger partial charge in [-0.05, 0) is 43.2 Å². The van der Waals surface area contributed by atoms with Crippen LogP contribution >= 0.6 is 0 Å². The number of nitrogen functional groups attached to an aromatic ring is 1. The first-order valence-corrected chi connectivity index (χ1v) is 8.99. The summed E-state index contributed by atoms with van der Waals surface area (Å²) >= 11 is 0. The van der Waals surface area contributed by atoms with E-state index < -0.39 is 0 Å². The minimum Gasteiger partial charge on any atom is -0.494 e. The summed E-state index contributed by atoms with van der Waals surface area (Å²) in [5.41, 5.74) is 11.2. The lowest BCUT2D eigenvalue weighted by molar-refractivity contribution is 0.339. The fraction of sp³-hybridized carbons (Fsp3) is 0.190. The van der Waals surface area contributed by atoms with E-state index in [1.807, 2.05) is 55.6 Å². The molecule has 3 heterocycles. The van der Waals surface area contributed by atoms with Gasteiger partial charge in [0.1, 0.15) is 17.1 Å². The summed E-state index contributed by atoms with van der Waals surface area (Å²) in [4.78, 5) is 16.9. The molecule has 0 bridgehead atoms. The van der Waals surface area contributed by atoms with Gasteiger partial charge in [-0.2, -0.15) is 0 Å². The number of imidazole rings is 1. The van der Waals surface area contributed by atoms with Crippen molar-refractivity contribution in [2.45, 2.75) is 19.8 Å². The van der Waals surface area contributed by atoms with Gasteiger partial charge in [0, 0.05) is 41.8 Å². The molecule has 1 aromatic carbocycles. The second-order valence-electron chi connectivity index (χ2n) is 6.31. The molecular formula is C21H21N5O. The molecule has 136 valence electrons. The Hall–Kier alpha value is -3.41. The number of fused-ring (bicyclic) bond motifs is 1. The van der Waals surface area contributed by atoms with Gasteiger partial charge < -0.3 is 15.5 Å². The maximum absolute atomic E-state index is 5.76. The number of benzene rings is 1. The van der Waals surface area contributed by atoms with Crippen LogP contribution in [0.4, 0.5) is 5.69 Å². The van der Waals surface area contributed by atoms with Gasteiger partial charge in [0.25, 0.3) is 0 Å². The molecule has 4 rings (SSSR count). The summed E-state index contributed by atoms with van der Waals surface area (Å²) in [6.07, 6.45) is 5.17. The third-order valence-electron chi connectivity index (χ3n) is 4.35. The number of pyridine rings is 2. The van der Waals surface area contributed by atoms with Crippen molar-refractivity contribution in [2.75, 3.05) is 12.3 Å². The molecule has 0 unspecified atom stereocenters. The number of rotatable bonds is 6. The number of nitrogens with one attached hydrogen (secondary N) is 1. The first-order chi connectivity index (χ1) is 13.2. The van der Waals surface area contributed by atoms with Crippen LogP contribution in [0.1, 0.15) is 18.4 Å². The average Bonchev–Trinajstić information content (AvgIpc) is 3.10. The van der Waals surface area contributed by atoms with Crippen LogP contribution in [-0.2, 0) is 12.8 Å². The normalized spacial score (nSPS) is 11.0. The van der Waals surface area contributed by atoms with Gasteiger partial charge in [-0.25, -0.2) is 9.97 Å². The molecule has 0 spiro atoms. The maximum Gasteiger partial charge on any atom is 0.157 e. The topological polar surface area (TPSA) is 89.7 Å². The molecule has 0 atom stereocenters. The minimum atomic E-state index is 0.648. The number of H-pyrrole nitrogens is 1. The van der Waals surface area contributed by atoms with Crippen LogP contribution in [0, 0.1) is 0 Å². The molecule has 6 heteroatoms. The van der Waals surface area contributed by atoms with Gasteiger partial charge in [-0.3, -0.25) is 4.98 Å². The van der Waals surface area contributed by atoms with Crippen molar-refractivity contribution in [2.24, 2.45) is 0 Å². The van der Waals surface area contributed by atoms with Gasteiger partial charge in [0.2, 0.25) is 0 Å². The van der Waals surface area contributed by atoms with Crippen molar-refractivity contribution in [3.63, 3.8) is 0 Å². The molecule has 0 fully saturated rings. The Kier molecular flexibility index (Phi) is 4.70. The van der Waals surface area contributed by atoms with E-state index in [1.54, 1.807) is 6.20 Å². The van der Waals surface area contributed by atoms with E-state index in [9.17, 15) is 0 Å². The summed E-state index contributed by atoms with van der Waals surface area (Å²) in [5, 5.41) is 0.